The zero-order chi connectivity index (χ0) is 13.1. The summed E-state index contributed by atoms with van der Waals surface area (Å²) in [5.74, 6) is 0.593. The van der Waals surface area contributed by atoms with E-state index in [4.69, 9.17) is 4.42 Å². The van der Waals surface area contributed by atoms with Gasteiger partial charge in [0.15, 0.2) is 0 Å². The van der Waals surface area contributed by atoms with Crippen LogP contribution in [0.25, 0.3) is 22.4 Å². The van der Waals surface area contributed by atoms with Gasteiger partial charge in [0.1, 0.15) is 11.8 Å². The molecule has 0 atom stereocenters. The lowest BCUT2D eigenvalue weighted by Crippen LogP contribution is -1.81. The minimum atomic E-state index is 0.529. The number of fused-ring (bicyclic) bond motifs is 1. The summed E-state index contributed by atoms with van der Waals surface area (Å²) in [5.41, 5.74) is 1.55. The van der Waals surface area contributed by atoms with Gasteiger partial charge in [0.25, 0.3) is 0 Å². The van der Waals surface area contributed by atoms with Crippen LogP contribution < -0.4 is 0 Å². The van der Waals surface area contributed by atoms with Crippen molar-refractivity contribution < 1.29 is 4.42 Å². The molecule has 0 saturated carbocycles. The fourth-order valence-corrected chi connectivity index (χ4v) is 2.12. The molecule has 0 amide bonds. The van der Waals surface area contributed by atoms with E-state index in [0.717, 1.165) is 16.3 Å². The van der Waals surface area contributed by atoms with Gasteiger partial charge in [-0.15, -0.1) is 0 Å². The molecule has 2 nitrogen and oxygen atoms in total. The van der Waals surface area contributed by atoms with Gasteiger partial charge >= 0.3 is 0 Å². The lowest BCUT2D eigenvalue weighted by Gasteiger charge is -2.02. The number of benzene rings is 2. The van der Waals surface area contributed by atoms with E-state index in [1.54, 1.807) is 18.4 Å². The second kappa shape index (κ2) is 4.83. The van der Waals surface area contributed by atoms with Crippen molar-refractivity contribution in [1.29, 1.82) is 5.26 Å². The van der Waals surface area contributed by atoms with Crippen LogP contribution in [0.15, 0.2) is 65.3 Å². The molecule has 19 heavy (non-hydrogen) atoms. The molecule has 3 aromatic rings. The van der Waals surface area contributed by atoms with E-state index in [2.05, 4.69) is 24.3 Å². The van der Waals surface area contributed by atoms with Gasteiger partial charge in [0.05, 0.1) is 11.8 Å². The van der Waals surface area contributed by atoms with Gasteiger partial charge in [-0.1, -0.05) is 42.5 Å². The third-order valence-electron chi connectivity index (χ3n) is 3.03. The van der Waals surface area contributed by atoms with Crippen LogP contribution in [0.4, 0.5) is 0 Å². The van der Waals surface area contributed by atoms with Crippen LogP contribution >= 0.6 is 0 Å². The number of nitrogens with zero attached hydrogens (tertiary/aromatic N) is 1. The number of nitriles is 1. The molecule has 3 rings (SSSR count). The molecule has 0 aliphatic heterocycles. The molecule has 0 radical (unpaired) electrons. The quantitative estimate of drug-likeness (QED) is 0.623. The van der Waals surface area contributed by atoms with E-state index in [1.165, 1.54) is 0 Å². The summed E-state index contributed by atoms with van der Waals surface area (Å²) >= 11 is 0. The van der Waals surface area contributed by atoms with E-state index >= 15 is 0 Å². The Labute approximate surface area is 111 Å². The lowest BCUT2D eigenvalue weighted by molar-refractivity contribution is 0.555. The predicted octanol–water partition coefficient (Wildman–Crippen LogP) is 4.50. The topological polar surface area (TPSA) is 36.9 Å². The SMILES string of the molecule is N#CC(=Cc1cccc2ccccc12)c1ccco1. The summed E-state index contributed by atoms with van der Waals surface area (Å²) < 4.78 is 5.28. The van der Waals surface area contributed by atoms with Gasteiger partial charge in [-0.25, -0.2) is 0 Å². The molecule has 1 aromatic heterocycles. The van der Waals surface area contributed by atoms with Gasteiger partial charge in [0, 0.05) is 0 Å². The second-order valence-electron chi connectivity index (χ2n) is 4.22. The molecule has 0 bridgehead atoms. The van der Waals surface area contributed by atoms with Gasteiger partial charge in [-0.05, 0) is 34.5 Å². The zero-order valence-electron chi connectivity index (χ0n) is 10.2. The minimum absolute atomic E-state index is 0.529. The summed E-state index contributed by atoms with van der Waals surface area (Å²) in [6.45, 7) is 0. The molecular formula is C17H11NO. The van der Waals surface area contributed by atoms with Crippen LogP contribution in [0.1, 0.15) is 11.3 Å². The molecule has 90 valence electrons. The van der Waals surface area contributed by atoms with E-state index in [-0.39, 0.29) is 0 Å². The fraction of sp³-hybridized carbons (Fsp3) is 0. The van der Waals surface area contributed by atoms with Crippen molar-refractivity contribution in [3.63, 3.8) is 0 Å². The Hall–Kier alpha value is -2.79. The van der Waals surface area contributed by atoms with Gasteiger partial charge in [0.2, 0.25) is 0 Å². The van der Waals surface area contributed by atoms with Crippen molar-refractivity contribution in [3.8, 4) is 6.07 Å². The molecule has 0 aliphatic rings. The van der Waals surface area contributed by atoms with Crippen molar-refractivity contribution in [3.05, 3.63) is 72.2 Å². The molecule has 2 aromatic carbocycles. The molecule has 2 heteroatoms. The Balaban J connectivity index is 2.18. The molecule has 0 fully saturated rings. The lowest BCUT2D eigenvalue weighted by atomic mass is 10.0. The first kappa shape index (κ1) is 11.3. The number of hydrogen-bond donors (Lipinski definition) is 0. The average Bonchev–Trinajstić information content (AvgIpc) is 2.99. The van der Waals surface area contributed by atoms with Crippen molar-refractivity contribution >= 4 is 22.4 Å². The van der Waals surface area contributed by atoms with Crippen molar-refractivity contribution in [1.82, 2.24) is 0 Å². The van der Waals surface area contributed by atoms with E-state index < -0.39 is 0 Å². The summed E-state index contributed by atoms with van der Waals surface area (Å²) in [7, 11) is 0. The van der Waals surface area contributed by atoms with Crippen LogP contribution in [-0.4, -0.2) is 0 Å². The van der Waals surface area contributed by atoms with E-state index in [1.807, 2.05) is 30.3 Å². The van der Waals surface area contributed by atoms with Crippen LogP contribution in [0.2, 0.25) is 0 Å². The smallest absolute Gasteiger partial charge is 0.144 e. The maximum absolute atomic E-state index is 9.25. The van der Waals surface area contributed by atoms with Crippen LogP contribution in [0.5, 0.6) is 0 Å². The highest BCUT2D eigenvalue weighted by molar-refractivity contribution is 5.97. The molecule has 0 saturated heterocycles. The second-order valence-corrected chi connectivity index (χ2v) is 4.22. The Morgan fingerprint density at radius 3 is 2.63 bits per heavy atom. The molecule has 0 unspecified atom stereocenters. The third-order valence-corrected chi connectivity index (χ3v) is 3.03. The summed E-state index contributed by atoms with van der Waals surface area (Å²) in [5, 5.41) is 11.5. The van der Waals surface area contributed by atoms with Gasteiger partial charge in [-0.3, -0.25) is 0 Å². The number of furan rings is 1. The van der Waals surface area contributed by atoms with Gasteiger partial charge < -0.3 is 4.42 Å². The van der Waals surface area contributed by atoms with Crippen molar-refractivity contribution in [2.24, 2.45) is 0 Å². The maximum atomic E-state index is 9.25. The zero-order valence-corrected chi connectivity index (χ0v) is 10.2. The third kappa shape index (κ3) is 2.14. The summed E-state index contributed by atoms with van der Waals surface area (Å²) in [6, 6.07) is 19.9. The highest BCUT2D eigenvalue weighted by Gasteiger charge is 2.05. The molecular weight excluding hydrogens is 234 g/mol. The molecule has 0 spiro atoms. The number of hydrogen-bond acceptors (Lipinski definition) is 2. The van der Waals surface area contributed by atoms with Gasteiger partial charge in [-0.2, -0.15) is 5.26 Å². The van der Waals surface area contributed by atoms with Crippen molar-refractivity contribution in [2.75, 3.05) is 0 Å². The monoisotopic (exact) mass is 245 g/mol. The first-order valence-corrected chi connectivity index (χ1v) is 6.02. The largest absolute Gasteiger partial charge is 0.464 e. The molecule has 0 N–H and O–H groups in total. The fourth-order valence-electron chi connectivity index (χ4n) is 2.12. The van der Waals surface area contributed by atoms with Crippen LogP contribution in [0, 0.1) is 11.3 Å². The number of allylic oxidation sites excluding steroid dienone is 1. The Bertz CT molecular complexity index is 771. The number of rotatable bonds is 2. The summed E-state index contributed by atoms with van der Waals surface area (Å²) in [6.07, 6.45) is 3.44. The Kier molecular flexibility index (Phi) is 2.88. The summed E-state index contributed by atoms with van der Waals surface area (Å²) in [4.78, 5) is 0. The molecule has 0 aliphatic carbocycles. The van der Waals surface area contributed by atoms with E-state index in [9.17, 15) is 5.26 Å². The first-order valence-electron chi connectivity index (χ1n) is 6.02. The minimum Gasteiger partial charge on any atom is -0.464 e. The Morgan fingerprint density at radius 2 is 1.84 bits per heavy atom. The Morgan fingerprint density at radius 1 is 1.00 bits per heavy atom. The highest BCUT2D eigenvalue weighted by Crippen LogP contribution is 2.24. The predicted molar refractivity (Wildman–Crippen MR) is 76.1 cm³/mol. The standard InChI is InChI=1S/C17H11NO/c18-12-15(17-9-4-10-19-17)11-14-7-3-6-13-5-1-2-8-16(13)14/h1-11H. The first-order chi connectivity index (χ1) is 9.38. The van der Waals surface area contributed by atoms with Crippen molar-refractivity contribution in [2.45, 2.75) is 0 Å². The molecule has 1 heterocycles. The van der Waals surface area contributed by atoms with Crippen LogP contribution in [0.3, 0.4) is 0 Å². The normalized spacial score (nSPS) is 11.4. The van der Waals surface area contributed by atoms with Crippen LogP contribution in [-0.2, 0) is 0 Å². The highest BCUT2D eigenvalue weighted by atomic mass is 16.3. The van der Waals surface area contributed by atoms with E-state index in [0.29, 0.717) is 11.3 Å². The average molecular weight is 245 g/mol. The maximum Gasteiger partial charge on any atom is 0.144 e.